The fraction of sp³-hybridized carbons (Fsp3) is 0.278. The SMILES string of the molecule is CCn1c(O)c(N=Nc2c(C(F)(F)F)n(C)n(-c3cccc(C(F)(F)F)c3)c2=O)c(=O)[nH]c1=S. The number of aromatic hydroxyl groups is 1. The maximum Gasteiger partial charge on any atom is 0.435 e. The fourth-order valence-electron chi connectivity index (χ4n) is 3.14. The summed E-state index contributed by atoms with van der Waals surface area (Å²) >= 11 is 4.85. The molecule has 0 aliphatic rings. The zero-order valence-corrected chi connectivity index (χ0v) is 18.0. The van der Waals surface area contributed by atoms with Crippen LogP contribution in [-0.2, 0) is 25.9 Å². The molecule has 2 heterocycles. The molecule has 0 spiro atoms. The van der Waals surface area contributed by atoms with E-state index in [1.807, 2.05) is 0 Å². The van der Waals surface area contributed by atoms with Gasteiger partial charge in [0, 0.05) is 13.6 Å². The predicted octanol–water partition coefficient (Wildman–Crippen LogP) is 4.57. The minimum absolute atomic E-state index is 0.0610. The van der Waals surface area contributed by atoms with Crippen LogP contribution >= 0.6 is 12.2 Å². The molecule has 182 valence electrons. The molecule has 0 aliphatic carbocycles. The number of nitrogens with one attached hydrogen (secondary N) is 1. The summed E-state index contributed by atoms with van der Waals surface area (Å²) in [6.07, 6.45) is -10.00. The van der Waals surface area contributed by atoms with Gasteiger partial charge in [-0.1, -0.05) is 6.07 Å². The van der Waals surface area contributed by atoms with E-state index in [9.17, 15) is 41.0 Å². The van der Waals surface area contributed by atoms with Crippen LogP contribution in [0.3, 0.4) is 0 Å². The molecule has 0 unspecified atom stereocenters. The first-order valence-electron chi connectivity index (χ1n) is 9.23. The lowest BCUT2D eigenvalue weighted by atomic mass is 10.2. The van der Waals surface area contributed by atoms with Gasteiger partial charge in [-0.2, -0.15) is 26.3 Å². The Hall–Kier alpha value is -3.69. The zero-order valence-electron chi connectivity index (χ0n) is 17.2. The Morgan fingerprint density at radius 1 is 1.06 bits per heavy atom. The van der Waals surface area contributed by atoms with Crippen molar-refractivity contribution < 1.29 is 31.4 Å². The van der Waals surface area contributed by atoms with Gasteiger partial charge < -0.3 is 5.11 Å². The molecular weight excluding hydrogens is 494 g/mol. The van der Waals surface area contributed by atoms with Gasteiger partial charge in [-0.15, -0.1) is 10.2 Å². The van der Waals surface area contributed by atoms with Crippen molar-refractivity contribution in [3.8, 4) is 11.6 Å². The van der Waals surface area contributed by atoms with E-state index < -0.39 is 57.7 Å². The number of hydrogen-bond donors (Lipinski definition) is 2. The van der Waals surface area contributed by atoms with Crippen molar-refractivity contribution in [1.82, 2.24) is 18.9 Å². The van der Waals surface area contributed by atoms with Gasteiger partial charge in [0.25, 0.3) is 11.1 Å². The molecular formula is C18H14F6N6O3S. The van der Waals surface area contributed by atoms with Crippen LogP contribution in [0.5, 0.6) is 5.88 Å². The minimum Gasteiger partial charge on any atom is -0.493 e. The number of alkyl halides is 6. The number of aromatic nitrogens is 4. The average Bonchev–Trinajstić information content (AvgIpc) is 2.97. The first-order chi connectivity index (χ1) is 15.7. The summed E-state index contributed by atoms with van der Waals surface area (Å²) < 4.78 is 81.9. The lowest BCUT2D eigenvalue weighted by Crippen LogP contribution is -2.21. The highest BCUT2D eigenvalue weighted by atomic mass is 32.1. The molecule has 0 saturated heterocycles. The minimum atomic E-state index is -5.18. The number of H-pyrrole nitrogens is 1. The number of benzene rings is 1. The summed E-state index contributed by atoms with van der Waals surface area (Å²) in [5.74, 6) is -0.803. The van der Waals surface area contributed by atoms with Gasteiger partial charge in [0.15, 0.2) is 16.2 Å². The average molecular weight is 508 g/mol. The van der Waals surface area contributed by atoms with E-state index in [-0.39, 0.29) is 16.0 Å². The van der Waals surface area contributed by atoms with Crippen molar-refractivity contribution in [1.29, 1.82) is 0 Å². The molecule has 0 fully saturated rings. The zero-order chi connectivity index (χ0) is 25.6. The second kappa shape index (κ2) is 8.58. The Morgan fingerprint density at radius 3 is 2.24 bits per heavy atom. The van der Waals surface area contributed by atoms with Gasteiger partial charge in [0.2, 0.25) is 11.6 Å². The molecule has 0 amide bonds. The molecule has 34 heavy (non-hydrogen) atoms. The van der Waals surface area contributed by atoms with Crippen LogP contribution in [-0.4, -0.2) is 24.0 Å². The summed E-state index contributed by atoms with van der Waals surface area (Å²) in [7, 11) is 0.796. The third kappa shape index (κ3) is 4.40. The molecule has 0 aliphatic heterocycles. The van der Waals surface area contributed by atoms with Crippen LogP contribution in [0.25, 0.3) is 5.69 Å². The Labute approximate surface area is 190 Å². The van der Waals surface area contributed by atoms with Crippen molar-refractivity contribution in [3.63, 3.8) is 0 Å². The number of nitrogens with zero attached hydrogens (tertiary/aromatic N) is 5. The van der Waals surface area contributed by atoms with Gasteiger partial charge in [0.1, 0.15) is 0 Å². The Bertz CT molecular complexity index is 1460. The third-order valence-electron chi connectivity index (χ3n) is 4.64. The molecule has 0 atom stereocenters. The summed E-state index contributed by atoms with van der Waals surface area (Å²) in [5, 5.41) is 16.7. The molecule has 1 aromatic carbocycles. The van der Waals surface area contributed by atoms with Crippen LogP contribution in [0.15, 0.2) is 44.1 Å². The van der Waals surface area contributed by atoms with E-state index in [0.717, 1.165) is 23.7 Å². The van der Waals surface area contributed by atoms with Crippen LogP contribution < -0.4 is 11.1 Å². The number of aromatic amines is 1. The van der Waals surface area contributed by atoms with Crippen LogP contribution in [0.1, 0.15) is 18.2 Å². The Morgan fingerprint density at radius 2 is 1.68 bits per heavy atom. The van der Waals surface area contributed by atoms with Crippen molar-refractivity contribution >= 4 is 23.6 Å². The molecule has 0 saturated carbocycles. The molecule has 0 bridgehead atoms. The van der Waals surface area contributed by atoms with Crippen molar-refractivity contribution in [2.75, 3.05) is 0 Å². The van der Waals surface area contributed by atoms with E-state index in [4.69, 9.17) is 12.2 Å². The van der Waals surface area contributed by atoms with Crippen molar-refractivity contribution in [3.05, 3.63) is 61.0 Å². The third-order valence-corrected chi connectivity index (χ3v) is 4.97. The monoisotopic (exact) mass is 508 g/mol. The predicted molar refractivity (Wildman–Crippen MR) is 108 cm³/mol. The second-order valence-corrected chi connectivity index (χ2v) is 7.15. The van der Waals surface area contributed by atoms with E-state index >= 15 is 0 Å². The topological polar surface area (TPSA) is 110 Å². The standard InChI is InChI=1S/C18H14F6N6O3S/c1-3-29-14(32)11(13(31)25-16(29)34)27-26-10-12(18(22,23)24)28(2)30(15(10)33)9-6-4-5-8(7-9)17(19,20)21/h4-7,32H,3H2,1-2H3,(H,25,31,34). The molecule has 9 nitrogen and oxygen atoms in total. The van der Waals surface area contributed by atoms with E-state index in [1.165, 1.54) is 0 Å². The van der Waals surface area contributed by atoms with Gasteiger partial charge in [-0.25, -0.2) is 4.68 Å². The quantitative estimate of drug-likeness (QED) is 0.306. The van der Waals surface area contributed by atoms with E-state index in [0.29, 0.717) is 16.8 Å². The lowest BCUT2D eigenvalue weighted by molar-refractivity contribution is -0.143. The normalized spacial score (nSPS) is 12.6. The molecule has 2 aromatic heterocycles. The summed E-state index contributed by atoms with van der Waals surface area (Å²) in [6, 6.07) is 3.10. The fourth-order valence-corrected chi connectivity index (χ4v) is 3.44. The molecule has 16 heteroatoms. The van der Waals surface area contributed by atoms with Gasteiger partial charge >= 0.3 is 12.4 Å². The highest BCUT2D eigenvalue weighted by Gasteiger charge is 2.41. The first kappa shape index (κ1) is 24.9. The van der Waals surface area contributed by atoms with Crippen LogP contribution in [0, 0.1) is 4.77 Å². The maximum atomic E-state index is 13.8. The molecule has 0 radical (unpaired) electrons. The maximum absolute atomic E-state index is 13.8. The van der Waals surface area contributed by atoms with Gasteiger partial charge in [0.05, 0.1) is 11.3 Å². The Balaban J connectivity index is 2.28. The summed E-state index contributed by atoms with van der Waals surface area (Å²) in [6.45, 7) is 1.60. The number of halogens is 6. The number of hydrogen-bond acceptors (Lipinski definition) is 6. The smallest absolute Gasteiger partial charge is 0.435 e. The molecule has 3 aromatic rings. The first-order valence-corrected chi connectivity index (χ1v) is 9.64. The van der Waals surface area contributed by atoms with Crippen LogP contribution in [0.2, 0.25) is 0 Å². The number of azo groups is 1. The number of rotatable bonds is 4. The second-order valence-electron chi connectivity index (χ2n) is 6.76. The summed E-state index contributed by atoms with van der Waals surface area (Å²) in [4.78, 5) is 27.0. The molecule has 2 N–H and O–H groups in total. The van der Waals surface area contributed by atoms with E-state index in [2.05, 4.69) is 15.2 Å². The Kier molecular flexibility index (Phi) is 6.30. The highest BCUT2D eigenvalue weighted by molar-refractivity contribution is 7.71. The summed E-state index contributed by atoms with van der Waals surface area (Å²) in [5.41, 5.74) is -8.03. The van der Waals surface area contributed by atoms with Crippen molar-refractivity contribution in [2.24, 2.45) is 17.3 Å². The van der Waals surface area contributed by atoms with Crippen molar-refractivity contribution in [2.45, 2.75) is 25.8 Å². The van der Waals surface area contributed by atoms with E-state index in [1.54, 1.807) is 6.92 Å². The molecule has 3 rings (SSSR count). The lowest BCUT2D eigenvalue weighted by Gasteiger charge is -2.13. The van der Waals surface area contributed by atoms with Gasteiger partial charge in [-0.05, 0) is 37.3 Å². The van der Waals surface area contributed by atoms with Crippen LogP contribution in [0.4, 0.5) is 37.7 Å². The van der Waals surface area contributed by atoms with Gasteiger partial charge in [-0.3, -0.25) is 23.8 Å². The highest BCUT2D eigenvalue weighted by Crippen LogP contribution is 2.37. The largest absolute Gasteiger partial charge is 0.493 e.